The minimum absolute atomic E-state index is 0.243. The summed E-state index contributed by atoms with van der Waals surface area (Å²) in [7, 11) is 3.96. The quantitative estimate of drug-likeness (QED) is 0.231. The lowest BCUT2D eigenvalue weighted by Gasteiger charge is -2.09. The molecule has 0 unspecified atom stereocenters. The molecule has 0 aliphatic heterocycles. The van der Waals surface area contributed by atoms with Crippen LogP contribution in [0.15, 0.2) is 65.5 Å². The number of imidazole rings is 1. The first-order valence-electron chi connectivity index (χ1n) is 12.3. The molecule has 5 rings (SSSR count). The molecule has 9 nitrogen and oxygen atoms in total. The summed E-state index contributed by atoms with van der Waals surface area (Å²) in [5, 5.41) is 13.6. The number of hydrogen-bond donors (Lipinski definition) is 4. The van der Waals surface area contributed by atoms with Gasteiger partial charge in [0.05, 0.1) is 22.1 Å². The van der Waals surface area contributed by atoms with Crippen molar-refractivity contribution in [2.75, 3.05) is 32.5 Å². The number of urea groups is 1. The number of halogens is 1. The van der Waals surface area contributed by atoms with E-state index in [2.05, 4.69) is 35.7 Å². The highest BCUT2D eigenvalue weighted by atomic mass is 19.1. The summed E-state index contributed by atoms with van der Waals surface area (Å²) in [6.45, 7) is 1.43. The topological polar surface area (TPSA) is 119 Å². The van der Waals surface area contributed by atoms with Gasteiger partial charge in [-0.1, -0.05) is 30.3 Å². The van der Waals surface area contributed by atoms with Gasteiger partial charge in [-0.25, -0.2) is 19.3 Å². The highest BCUT2D eigenvalue weighted by Crippen LogP contribution is 2.28. The summed E-state index contributed by atoms with van der Waals surface area (Å²) >= 11 is 0. The number of carbonyl (C=O) groups is 1. The van der Waals surface area contributed by atoms with E-state index in [9.17, 15) is 14.0 Å². The lowest BCUT2D eigenvalue weighted by Crippen LogP contribution is -2.31. The molecule has 0 radical (unpaired) electrons. The van der Waals surface area contributed by atoms with E-state index in [1.165, 1.54) is 6.07 Å². The summed E-state index contributed by atoms with van der Waals surface area (Å²) in [4.78, 5) is 33.9. The third kappa shape index (κ3) is 5.55. The van der Waals surface area contributed by atoms with Gasteiger partial charge in [0.1, 0.15) is 5.82 Å². The van der Waals surface area contributed by atoms with Crippen LogP contribution in [0.4, 0.5) is 15.1 Å². The van der Waals surface area contributed by atoms with Gasteiger partial charge in [-0.05, 0) is 68.5 Å². The molecule has 0 aliphatic rings. The molecule has 2 aromatic heterocycles. The Morgan fingerprint density at radius 3 is 2.68 bits per heavy atom. The van der Waals surface area contributed by atoms with Gasteiger partial charge in [0.15, 0.2) is 0 Å². The van der Waals surface area contributed by atoms with Gasteiger partial charge < -0.3 is 15.2 Å². The summed E-state index contributed by atoms with van der Waals surface area (Å²) in [6.07, 6.45) is 1.26. The van der Waals surface area contributed by atoms with Crippen molar-refractivity contribution in [2.45, 2.75) is 12.8 Å². The van der Waals surface area contributed by atoms with Crippen molar-refractivity contribution in [1.82, 2.24) is 30.4 Å². The minimum Gasteiger partial charge on any atom is -0.338 e. The molecule has 0 saturated heterocycles. The third-order valence-corrected chi connectivity index (χ3v) is 6.27. The fourth-order valence-corrected chi connectivity index (χ4v) is 4.38. The molecule has 0 bridgehead atoms. The molecule has 3 aromatic carbocycles. The lowest BCUT2D eigenvalue weighted by atomic mass is 9.98. The molecule has 0 spiro atoms. The number of rotatable bonds is 8. The molecule has 0 fully saturated rings. The highest BCUT2D eigenvalue weighted by Gasteiger charge is 2.13. The number of fused-ring (bicyclic) bond motifs is 2. The maximum Gasteiger partial charge on any atom is 0.321 e. The Kier molecular flexibility index (Phi) is 7.14. The summed E-state index contributed by atoms with van der Waals surface area (Å²) < 4.78 is 14.9. The van der Waals surface area contributed by atoms with Gasteiger partial charge in [-0.15, -0.1) is 0 Å². The predicted octanol–water partition coefficient (Wildman–Crippen LogP) is 4.27. The van der Waals surface area contributed by atoms with E-state index in [0.29, 0.717) is 46.6 Å². The van der Waals surface area contributed by atoms with Crippen LogP contribution in [-0.2, 0) is 6.42 Å². The molecule has 2 amide bonds. The average molecular weight is 514 g/mol. The lowest BCUT2D eigenvalue weighted by molar-refractivity contribution is 0.251. The number of aromatic nitrogens is 4. The van der Waals surface area contributed by atoms with Crippen LogP contribution in [0.25, 0.3) is 32.9 Å². The third-order valence-electron chi connectivity index (χ3n) is 6.27. The van der Waals surface area contributed by atoms with Crippen LogP contribution in [0.3, 0.4) is 0 Å². The zero-order chi connectivity index (χ0) is 26.6. The number of aromatic amines is 2. The van der Waals surface area contributed by atoms with Crippen molar-refractivity contribution < 1.29 is 9.18 Å². The maximum absolute atomic E-state index is 14.9. The van der Waals surface area contributed by atoms with Gasteiger partial charge in [0.2, 0.25) is 5.95 Å². The number of nitrogens with zero attached hydrogens (tertiary/aromatic N) is 3. The molecule has 10 heteroatoms. The van der Waals surface area contributed by atoms with E-state index in [0.717, 1.165) is 29.4 Å². The monoisotopic (exact) mass is 513 g/mol. The minimum atomic E-state index is -0.363. The molecule has 5 aromatic rings. The molecule has 2 heterocycles. The van der Waals surface area contributed by atoms with Gasteiger partial charge in [-0.3, -0.25) is 10.1 Å². The molecular weight excluding hydrogens is 485 g/mol. The van der Waals surface area contributed by atoms with Gasteiger partial charge in [0, 0.05) is 23.9 Å². The standard InChI is InChI=1S/C28H28FN7O2/c1-36(2)13-5-12-30-28(38)33-27-31-23-11-9-18(16-25(23)32-27)21-14-17(8-10-22(21)29)15-24-19-6-3-4-7-20(19)26(37)35-34-24/h3-4,6-11,14,16H,5,12-13,15H2,1-2H3,(H,35,37)(H3,30,31,32,33,38). The van der Waals surface area contributed by atoms with Crippen molar-refractivity contribution in [3.05, 3.63) is 88.1 Å². The number of carbonyl (C=O) groups excluding carboxylic acids is 1. The SMILES string of the molecule is CN(C)CCCNC(=O)Nc1nc2cc(-c3cc(Cc4n[nH]c(=O)c5ccccc45)ccc3F)ccc2[nH]1. The first-order chi connectivity index (χ1) is 18.4. The first-order valence-corrected chi connectivity index (χ1v) is 12.3. The van der Waals surface area contributed by atoms with Crippen LogP contribution in [0, 0.1) is 5.82 Å². The zero-order valence-electron chi connectivity index (χ0n) is 21.1. The van der Waals surface area contributed by atoms with Crippen molar-refractivity contribution >= 4 is 33.8 Å². The van der Waals surface area contributed by atoms with Crippen LogP contribution < -0.4 is 16.2 Å². The smallest absolute Gasteiger partial charge is 0.321 e. The van der Waals surface area contributed by atoms with E-state index < -0.39 is 0 Å². The van der Waals surface area contributed by atoms with Gasteiger partial charge >= 0.3 is 6.03 Å². The summed E-state index contributed by atoms with van der Waals surface area (Å²) in [6, 6.07) is 17.3. The van der Waals surface area contributed by atoms with Gasteiger partial charge in [-0.2, -0.15) is 5.10 Å². The molecule has 194 valence electrons. The number of hydrogen-bond acceptors (Lipinski definition) is 5. The Balaban J connectivity index is 1.35. The largest absolute Gasteiger partial charge is 0.338 e. The van der Waals surface area contributed by atoms with Crippen LogP contribution in [0.2, 0.25) is 0 Å². The first kappa shape index (κ1) is 25.1. The van der Waals surface area contributed by atoms with Crippen LogP contribution in [0.1, 0.15) is 17.7 Å². The van der Waals surface area contributed by atoms with Crippen LogP contribution >= 0.6 is 0 Å². The second-order valence-corrected chi connectivity index (χ2v) is 9.39. The highest BCUT2D eigenvalue weighted by molar-refractivity contribution is 5.91. The molecule has 0 saturated carbocycles. The Morgan fingerprint density at radius 1 is 1.05 bits per heavy atom. The molecule has 0 atom stereocenters. The number of amides is 2. The molecule has 0 aliphatic carbocycles. The Morgan fingerprint density at radius 2 is 1.87 bits per heavy atom. The van der Waals surface area contributed by atoms with Crippen LogP contribution in [0.5, 0.6) is 0 Å². The van der Waals surface area contributed by atoms with Gasteiger partial charge in [0.25, 0.3) is 5.56 Å². The molecule has 4 N–H and O–H groups in total. The second kappa shape index (κ2) is 10.8. The van der Waals surface area contributed by atoms with Crippen molar-refractivity contribution in [2.24, 2.45) is 0 Å². The predicted molar refractivity (Wildman–Crippen MR) is 147 cm³/mol. The number of nitrogens with one attached hydrogen (secondary N) is 4. The Hall–Kier alpha value is -4.57. The second-order valence-electron chi connectivity index (χ2n) is 9.39. The van der Waals surface area contributed by atoms with Crippen molar-refractivity contribution in [3.63, 3.8) is 0 Å². The van der Waals surface area contributed by atoms with E-state index >= 15 is 0 Å². The van der Waals surface area contributed by atoms with E-state index in [1.54, 1.807) is 30.3 Å². The zero-order valence-corrected chi connectivity index (χ0v) is 21.1. The summed E-state index contributed by atoms with van der Waals surface area (Å²) in [5.41, 5.74) is 3.71. The van der Waals surface area contributed by atoms with Crippen LogP contribution in [-0.4, -0.2) is 58.3 Å². The fourth-order valence-electron chi connectivity index (χ4n) is 4.38. The van der Waals surface area contributed by atoms with E-state index in [4.69, 9.17) is 0 Å². The van der Waals surface area contributed by atoms with Crippen molar-refractivity contribution in [1.29, 1.82) is 0 Å². The Bertz CT molecular complexity index is 1680. The summed E-state index contributed by atoms with van der Waals surface area (Å²) in [5.74, 6) is -0.0501. The normalized spacial score (nSPS) is 11.4. The fraction of sp³-hybridized carbons (Fsp3) is 0.214. The number of H-pyrrole nitrogens is 2. The van der Waals surface area contributed by atoms with Crippen molar-refractivity contribution in [3.8, 4) is 11.1 Å². The average Bonchev–Trinajstić information content (AvgIpc) is 3.30. The maximum atomic E-state index is 14.9. The number of benzene rings is 3. The van der Waals surface area contributed by atoms with E-state index in [1.807, 2.05) is 38.4 Å². The van der Waals surface area contributed by atoms with E-state index in [-0.39, 0.29) is 17.4 Å². The molecule has 38 heavy (non-hydrogen) atoms. The molecular formula is C28H28FN7O2. The Labute approximate surface area is 218 Å². The number of anilines is 1.